The molecule has 2 aliphatic heterocycles. The highest BCUT2D eigenvalue weighted by Crippen LogP contribution is 2.42. The number of benzene rings is 1. The van der Waals surface area contributed by atoms with Crippen LogP contribution in [0.1, 0.15) is 18.4 Å². The van der Waals surface area contributed by atoms with Crippen molar-refractivity contribution in [1.29, 1.82) is 0 Å². The number of hydrogen-bond acceptors (Lipinski definition) is 4. The summed E-state index contributed by atoms with van der Waals surface area (Å²) in [6.07, 6.45) is 4.12. The molecular weight excluding hydrogens is 286 g/mol. The number of para-hydroxylation sites is 1. The van der Waals surface area contributed by atoms with Crippen LogP contribution in [0.15, 0.2) is 24.3 Å². The molecule has 0 radical (unpaired) electrons. The maximum atomic E-state index is 6.03. The number of fused-ring (bicyclic) bond motifs is 2. The fourth-order valence-corrected chi connectivity index (χ4v) is 6.90. The van der Waals surface area contributed by atoms with Crippen LogP contribution in [0.4, 0.5) is 0 Å². The Morgan fingerprint density at radius 3 is 3.00 bits per heavy atom. The fourth-order valence-electron chi connectivity index (χ4n) is 3.59. The largest absolute Gasteiger partial charge is 0.488 e. The van der Waals surface area contributed by atoms with Crippen molar-refractivity contribution in [2.24, 2.45) is 0 Å². The third-order valence-corrected chi connectivity index (χ3v) is 7.88. The summed E-state index contributed by atoms with van der Waals surface area (Å²) in [5.74, 6) is 3.76. The van der Waals surface area contributed by atoms with Crippen molar-refractivity contribution >= 4 is 23.5 Å². The van der Waals surface area contributed by atoms with Gasteiger partial charge in [0.05, 0.1) is 0 Å². The SMILES string of the molecule is c1ccc2c(c1)C[C@H](CN[C@@H]1CC[C@H]3SCCS[C@@H]13)O2. The second kappa shape index (κ2) is 5.82. The highest BCUT2D eigenvalue weighted by atomic mass is 32.2. The summed E-state index contributed by atoms with van der Waals surface area (Å²) in [4.78, 5) is 0. The van der Waals surface area contributed by atoms with Crippen molar-refractivity contribution in [3.8, 4) is 5.75 Å². The van der Waals surface area contributed by atoms with E-state index in [1.807, 2.05) is 0 Å². The molecule has 0 spiro atoms. The average Bonchev–Trinajstić information content (AvgIpc) is 3.08. The number of thioether (sulfide) groups is 2. The summed E-state index contributed by atoms with van der Waals surface area (Å²) < 4.78 is 6.03. The van der Waals surface area contributed by atoms with Crippen LogP contribution >= 0.6 is 23.5 Å². The van der Waals surface area contributed by atoms with E-state index >= 15 is 0 Å². The third kappa shape index (κ3) is 2.58. The molecule has 2 heterocycles. The van der Waals surface area contributed by atoms with Gasteiger partial charge in [0.25, 0.3) is 0 Å². The zero-order valence-electron chi connectivity index (χ0n) is 11.6. The van der Waals surface area contributed by atoms with Crippen molar-refractivity contribution in [2.75, 3.05) is 18.1 Å². The van der Waals surface area contributed by atoms with Crippen molar-refractivity contribution in [3.05, 3.63) is 29.8 Å². The minimum Gasteiger partial charge on any atom is -0.488 e. The molecule has 0 amide bonds. The quantitative estimate of drug-likeness (QED) is 0.926. The van der Waals surface area contributed by atoms with Gasteiger partial charge in [-0.25, -0.2) is 0 Å². The number of ether oxygens (including phenoxy) is 1. The molecule has 1 saturated heterocycles. The predicted molar refractivity (Wildman–Crippen MR) is 88.1 cm³/mol. The van der Waals surface area contributed by atoms with E-state index in [1.165, 1.54) is 29.9 Å². The molecule has 1 aromatic rings. The Bertz CT molecular complexity index is 456. The first-order chi connectivity index (χ1) is 9.90. The third-order valence-electron chi connectivity index (χ3n) is 4.57. The Morgan fingerprint density at radius 2 is 2.05 bits per heavy atom. The highest BCUT2D eigenvalue weighted by molar-refractivity contribution is 8.07. The van der Waals surface area contributed by atoms with Crippen LogP contribution in [0, 0.1) is 0 Å². The van der Waals surface area contributed by atoms with Crippen LogP contribution in [-0.4, -0.2) is 40.7 Å². The van der Waals surface area contributed by atoms with E-state index in [0.29, 0.717) is 12.1 Å². The summed E-state index contributed by atoms with van der Waals surface area (Å²) in [7, 11) is 0. The maximum absolute atomic E-state index is 6.03. The average molecular weight is 307 g/mol. The molecule has 108 valence electrons. The van der Waals surface area contributed by atoms with E-state index in [2.05, 4.69) is 53.1 Å². The lowest BCUT2D eigenvalue weighted by atomic mass is 10.1. The van der Waals surface area contributed by atoms with Gasteiger partial charge in [-0.05, 0) is 24.5 Å². The van der Waals surface area contributed by atoms with E-state index < -0.39 is 0 Å². The van der Waals surface area contributed by atoms with Gasteiger partial charge < -0.3 is 10.1 Å². The van der Waals surface area contributed by atoms with Gasteiger partial charge in [0.15, 0.2) is 0 Å². The lowest BCUT2D eigenvalue weighted by Gasteiger charge is -2.29. The van der Waals surface area contributed by atoms with E-state index in [1.54, 1.807) is 0 Å². The molecule has 1 aliphatic carbocycles. The van der Waals surface area contributed by atoms with Crippen molar-refractivity contribution < 1.29 is 4.74 Å². The summed E-state index contributed by atoms with van der Waals surface area (Å²) in [5, 5.41) is 5.53. The second-order valence-corrected chi connectivity index (χ2v) is 8.52. The summed E-state index contributed by atoms with van der Waals surface area (Å²) in [5.41, 5.74) is 1.37. The second-order valence-electron chi connectivity index (χ2n) is 5.89. The smallest absolute Gasteiger partial charge is 0.123 e. The Kier molecular flexibility index (Phi) is 3.88. The molecule has 20 heavy (non-hydrogen) atoms. The number of hydrogen-bond donors (Lipinski definition) is 1. The van der Waals surface area contributed by atoms with Gasteiger partial charge in [-0.3, -0.25) is 0 Å². The highest BCUT2D eigenvalue weighted by Gasteiger charge is 2.38. The summed E-state index contributed by atoms with van der Waals surface area (Å²) in [6, 6.07) is 9.15. The monoisotopic (exact) mass is 307 g/mol. The van der Waals surface area contributed by atoms with Gasteiger partial charge in [-0.1, -0.05) is 18.2 Å². The summed E-state index contributed by atoms with van der Waals surface area (Å²) >= 11 is 4.38. The topological polar surface area (TPSA) is 21.3 Å². The Labute approximate surface area is 129 Å². The van der Waals surface area contributed by atoms with Gasteiger partial charge in [0, 0.05) is 41.0 Å². The lowest BCUT2D eigenvalue weighted by molar-refractivity contribution is 0.222. The van der Waals surface area contributed by atoms with Gasteiger partial charge >= 0.3 is 0 Å². The van der Waals surface area contributed by atoms with Crippen LogP contribution in [0.25, 0.3) is 0 Å². The van der Waals surface area contributed by atoms with Gasteiger partial charge in [0.2, 0.25) is 0 Å². The molecule has 1 saturated carbocycles. The molecule has 3 aliphatic rings. The molecule has 0 aromatic heterocycles. The van der Waals surface area contributed by atoms with Crippen LogP contribution in [0.5, 0.6) is 5.75 Å². The van der Waals surface area contributed by atoms with Crippen LogP contribution in [-0.2, 0) is 6.42 Å². The minimum absolute atomic E-state index is 0.327. The Hall–Kier alpha value is -0.320. The molecule has 1 aromatic carbocycles. The first kappa shape index (κ1) is 13.4. The molecule has 1 N–H and O–H groups in total. The van der Waals surface area contributed by atoms with Gasteiger partial charge in [0.1, 0.15) is 11.9 Å². The lowest BCUT2D eigenvalue weighted by Crippen LogP contribution is -2.43. The van der Waals surface area contributed by atoms with E-state index in [4.69, 9.17) is 4.74 Å². The van der Waals surface area contributed by atoms with E-state index in [-0.39, 0.29) is 0 Å². The predicted octanol–water partition coefficient (Wildman–Crippen LogP) is 2.96. The van der Waals surface area contributed by atoms with Gasteiger partial charge in [-0.15, -0.1) is 0 Å². The number of rotatable bonds is 3. The molecule has 2 nitrogen and oxygen atoms in total. The minimum atomic E-state index is 0.327. The first-order valence-electron chi connectivity index (χ1n) is 7.61. The molecule has 4 rings (SSSR count). The van der Waals surface area contributed by atoms with Crippen molar-refractivity contribution in [3.63, 3.8) is 0 Å². The van der Waals surface area contributed by atoms with Crippen LogP contribution in [0.2, 0.25) is 0 Å². The van der Waals surface area contributed by atoms with Gasteiger partial charge in [-0.2, -0.15) is 23.5 Å². The van der Waals surface area contributed by atoms with Crippen LogP contribution in [0.3, 0.4) is 0 Å². The van der Waals surface area contributed by atoms with E-state index in [9.17, 15) is 0 Å². The Morgan fingerprint density at radius 1 is 1.15 bits per heavy atom. The molecule has 4 atom stereocenters. The summed E-state index contributed by atoms with van der Waals surface area (Å²) in [6.45, 7) is 0.994. The van der Waals surface area contributed by atoms with Crippen LogP contribution < -0.4 is 10.1 Å². The number of nitrogens with one attached hydrogen (secondary N) is 1. The standard InChI is InChI=1S/C16H21NOS2/c1-2-4-14-11(3-1)9-12(18-14)10-17-13-5-6-15-16(13)20-8-7-19-15/h1-4,12-13,15-17H,5-10H2/t12-,13-,15-,16+/m1/s1. The van der Waals surface area contributed by atoms with E-state index in [0.717, 1.165) is 29.2 Å². The maximum Gasteiger partial charge on any atom is 0.123 e. The first-order valence-corrected chi connectivity index (χ1v) is 9.71. The molecule has 2 fully saturated rings. The Balaban J connectivity index is 1.31. The molecule has 0 bridgehead atoms. The van der Waals surface area contributed by atoms with Crippen molar-refractivity contribution in [1.82, 2.24) is 5.32 Å². The fraction of sp³-hybridized carbons (Fsp3) is 0.625. The van der Waals surface area contributed by atoms with Crippen molar-refractivity contribution in [2.45, 2.75) is 41.9 Å². The normalized spacial score (nSPS) is 35.4. The molecule has 0 unspecified atom stereocenters. The zero-order valence-corrected chi connectivity index (χ0v) is 13.2. The molecular formula is C16H21NOS2. The molecule has 4 heteroatoms. The zero-order chi connectivity index (χ0) is 13.4.